The van der Waals surface area contributed by atoms with Crippen molar-refractivity contribution in [2.24, 2.45) is 5.73 Å². The van der Waals surface area contributed by atoms with Crippen LogP contribution in [0.3, 0.4) is 0 Å². The lowest BCUT2D eigenvalue weighted by Gasteiger charge is -2.29. The van der Waals surface area contributed by atoms with E-state index in [4.69, 9.17) is 5.73 Å². The minimum atomic E-state index is 0.0239. The molecule has 2 aliphatic rings. The van der Waals surface area contributed by atoms with Crippen LogP contribution in [0.2, 0.25) is 0 Å². The van der Waals surface area contributed by atoms with Gasteiger partial charge in [0.2, 0.25) is 0 Å². The Bertz CT molecular complexity index is 483. The van der Waals surface area contributed by atoms with Crippen LogP contribution in [-0.4, -0.2) is 10.9 Å². The summed E-state index contributed by atoms with van der Waals surface area (Å²) < 4.78 is 0. The highest BCUT2D eigenvalue weighted by Crippen LogP contribution is 2.31. The molecule has 2 heteroatoms. The van der Waals surface area contributed by atoms with Crippen LogP contribution >= 0.6 is 0 Å². The highest BCUT2D eigenvalue weighted by molar-refractivity contribution is 5.79. The van der Waals surface area contributed by atoms with Gasteiger partial charge in [0.15, 0.2) is 0 Å². The molecular formula is C13H12N2. The molecule has 0 amide bonds. The molecule has 15 heavy (non-hydrogen) atoms. The second kappa shape index (κ2) is 3.11. The summed E-state index contributed by atoms with van der Waals surface area (Å²) in [6.07, 6.45) is 10.3. The smallest absolute Gasteiger partial charge is 0.0506 e. The Morgan fingerprint density at radius 3 is 2.93 bits per heavy atom. The summed E-state index contributed by atoms with van der Waals surface area (Å²) >= 11 is 0. The SMILES string of the molecule is NC1C=CN2C=Cc3ccccc3C2=C1. The third-order valence-electron chi connectivity index (χ3n) is 2.75. The first-order valence-electron chi connectivity index (χ1n) is 5.06. The van der Waals surface area contributed by atoms with Gasteiger partial charge in [-0.2, -0.15) is 0 Å². The first-order chi connectivity index (χ1) is 7.34. The van der Waals surface area contributed by atoms with Gasteiger partial charge in [-0.1, -0.05) is 24.3 Å². The van der Waals surface area contributed by atoms with E-state index in [9.17, 15) is 0 Å². The van der Waals surface area contributed by atoms with E-state index < -0.39 is 0 Å². The highest BCUT2D eigenvalue weighted by atomic mass is 15.1. The average molecular weight is 196 g/mol. The molecule has 1 aromatic carbocycles. The Hall–Kier alpha value is -1.80. The van der Waals surface area contributed by atoms with Crippen LogP contribution in [0.1, 0.15) is 11.1 Å². The second-order valence-corrected chi connectivity index (χ2v) is 3.78. The standard InChI is InChI=1S/C13H12N2/c14-11-6-8-15-7-5-10-3-1-2-4-12(10)13(15)9-11/h1-9,11H,14H2. The fourth-order valence-electron chi connectivity index (χ4n) is 1.99. The Balaban J connectivity index is 2.18. The van der Waals surface area contributed by atoms with E-state index in [-0.39, 0.29) is 6.04 Å². The van der Waals surface area contributed by atoms with E-state index in [0.717, 1.165) is 0 Å². The zero-order valence-electron chi connectivity index (χ0n) is 8.30. The highest BCUT2D eigenvalue weighted by Gasteiger charge is 2.17. The quantitative estimate of drug-likeness (QED) is 0.689. The number of rotatable bonds is 0. The molecule has 0 spiro atoms. The normalized spacial score (nSPS) is 22.1. The molecule has 0 aromatic heterocycles. The van der Waals surface area contributed by atoms with Crippen LogP contribution in [0, 0.1) is 0 Å². The lowest BCUT2D eigenvalue weighted by atomic mass is 9.98. The van der Waals surface area contributed by atoms with Crippen molar-refractivity contribution in [3.8, 4) is 0 Å². The molecule has 1 atom stereocenters. The zero-order chi connectivity index (χ0) is 10.3. The summed E-state index contributed by atoms with van der Waals surface area (Å²) in [5.41, 5.74) is 9.57. The van der Waals surface area contributed by atoms with Gasteiger partial charge in [0, 0.05) is 24.0 Å². The van der Waals surface area contributed by atoms with Crippen LogP contribution in [0.15, 0.2) is 48.8 Å². The fourth-order valence-corrected chi connectivity index (χ4v) is 1.99. The van der Waals surface area contributed by atoms with Crippen molar-refractivity contribution in [3.63, 3.8) is 0 Å². The first kappa shape index (κ1) is 8.50. The van der Waals surface area contributed by atoms with Crippen molar-refractivity contribution < 1.29 is 0 Å². The van der Waals surface area contributed by atoms with Crippen molar-refractivity contribution in [3.05, 3.63) is 59.9 Å². The lowest BCUT2D eigenvalue weighted by Crippen LogP contribution is -2.24. The minimum Gasteiger partial charge on any atom is -0.324 e. The molecule has 2 N–H and O–H groups in total. The summed E-state index contributed by atoms with van der Waals surface area (Å²) in [7, 11) is 0. The summed E-state index contributed by atoms with van der Waals surface area (Å²) in [5, 5.41) is 0. The number of nitrogens with zero attached hydrogens (tertiary/aromatic N) is 1. The summed E-state index contributed by atoms with van der Waals surface area (Å²) in [5.74, 6) is 0. The van der Waals surface area contributed by atoms with Crippen LogP contribution in [0.25, 0.3) is 11.8 Å². The maximum atomic E-state index is 5.88. The predicted octanol–water partition coefficient (Wildman–Crippen LogP) is 2.17. The third-order valence-corrected chi connectivity index (χ3v) is 2.75. The predicted molar refractivity (Wildman–Crippen MR) is 62.4 cm³/mol. The van der Waals surface area contributed by atoms with Gasteiger partial charge in [0.1, 0.15) is 0 Å². The molecule has 2 heterocycles. The maximum Gasteiger partial charge on any atom is 0.0506 e. The van der Waals surface area contributed by atoms with Crippen LogP contribution in [0.4, 0.5) is 0 Å². The molecule has 0 radical (unpaired) electrons. The molecule has 0 aliphatic carbocycles. The topological polar surface area (TPSA) is 29.3 Å². The number of hydrogen-bond donors (Lipinski definition) is 1. The van der Waals surface area contributed by atoms with Crippen molar-refractivity contribution in [1.29, 1.82) is 0 Å². The third kappa shape index (κ3) is 1.30. The van der Waals surface area contributed by atoms with E-state index >= 15 is 0 Å². The summed E-state index contributed by atoms with van der Waals surface area (Å²) in [6, 6.07) is 8.38. The van der Waals surface area contributed by atoms with Gasteiger partial charge >= 0.3 is 0 Å². The van der Waals surface area contributed by atoms with E-state index in [1.165, 1.54) is 16.8 Å². The number of fused-ring (bicyclic) bond motifs is 3. The van der Waals surface area contributed by atoms with Gasteiger partial charge < -0.3 is 10.6 Å². The molecule has 3 rings (SSSR count). The van der Waals surface area contributed by atoms with Crippen LogP contribution < -0.4 is 5.73 Å². The molecule has 0 saturated heterocycles. The van der Waals surface area contributed by atoms with Crippen molar-refractivity contribution in [2.45, 2.75) is 6.04 Å². The number of hydrogen-bond acceptors (Lipinski definition) is 2. The van der Waals surface area contributed by atoms with Gasteiger partial charge in [-0.3, -0.25) is 0 Å². The molecule has 2 aliphatic heterocycles. The van der Waals surface area contributed by atoms with E-state index in [1.54, 1.807) is 0 Å². The molecular weight excluding hydrogens is 184 g/mol. The monoisotopic (exact) mass is 196 g/mol. The number of benzene rings is 1. The summed E-state index contributed by atoms with van der Waals surface area (Å²) in [4.78, 5) is 2.10. The first-order valence-corrected chi connectivity index (χ1v) is 5.06. The van der Waals surface area contributed by atoms with Gasteiger partial charge in [-0.25, -0.2) is 0 Å². The van der Waals surface area contributed by atoms with E-state index in [0.29, 0.717) is 0 Å². The molecule has 74 valence electrons. The molecule has 2 nitrogen and oxygen atoms in total. The molecule has 1 aromatic rings. The van der Waals surface area contributed by atoms with Gasteiger partial charge in [-0.05, 0) is 23.8 Å². The van der Waals surface area contributed by atoms with Crippen LogP contribution in [0.5, 0.6) is 0 Å². The lowest BCUT2D eigenvalue weighted by molar-refractivity contribution is 0.693. The van der Waals surface area contributed by atoms with E-state index in [2.05, 4.69) is 47.5 Å². The molecule has 0 fully saturated rings. The van der Waals surface area contributed by atoms with Crippen molar-refractivity contribution >= 4 is 11.8 Å². The Labute approximate surface area is 89.0 Å². The second-order valence-electron chi connectivity index (χ2n) is 3.78. The van der Waals surface area contributed by atoms with Gasteiger partial charge in [0.25, 0.3) is 0 Å². The minimum absolute atomic E-state index is 0.0239. The Morgan fingerprint density at radius 1 is 1.13 bits per heavy atom. The average Bonchev–Trinajstić information content (AvgIpc) is 2.29. The van der Waals surface area contributed by atoms with Gasteiger partial charge in [-0.15, -0.1) is 0 Å². The molecule has 0 bridgehead atoms. The zero-order valence-corrected chi connectivity index (χ0v) is 8.30. The van der Waals surface area contributed by atoms with Crippen molar-refractivity contribution in [2.75, 3.05) is 0 Å². The van der Waals surface area contributed by atoms with Crippen molar-refractivity contribution in [1.82, 2.24) is 4.90 Å². The van der Waals surface area contributed by atoms with E-state index in [1.807, 2.05) is 12.3 Å². The molecule has 1 unspecified atom stereocenters. The molecule has 0 saturated carbocycles. The number of nitrogens with two attached hydrogens (primary N) is 1. The fraction of sp³-hybridized carbons (Fsp3) is 0.0769. The van der Waals surface area contributed by atoms with Gasteiger partial charge in [0.05, 0.1) is 5.70 Å². The maximum absolute atomic E-state index is 5.88. The largest absolute Gasteiger partial charge is 0.324 e. The summed E-state index contributed by atoms with van der Waals surface area (Å²) in [6.45, 7) is 0. The Kier molecular flexibility index (Phi) is 1.76. The Morgan fingerprint density at radius 2 is 2.00 bits per heavy atom. The van der Waals surface area contributed by atoms with Crippen LogP contribution in [-0.2, 0) is 0 Å².